The summed E-state index contributed by atoms with van der Waals surface area (Å²) in [6.45, 7) is 5.84. The van der Waals surface area contributed by atoms with Crippen LogP contribution in [0.5, 0.6) is 0 Å². The van der Waals surface area contributed by atoms with Crippen LogP contribution in [0.25, 0.3) is 0 Å². The molecule has 1 saturated heterocycles. The number of likely N-dealkylation sites (tertiary alicyclic amines) is 1. The van der Waals surface area contributed by atoms with Crippen LogP contribution in [0.1, 0.15) is 36.6 Å². The highest BCUT2D eigenvalue weighted by Crippen LogP contribution is 2.27. The van der Waals surface area contributed by atoms with Crippen molar-refractivity contribution in [2.75, 3.05) is 46.4 Å². The first-order valence-corrected chi connectivity index (χ1v) is 10.2. The minimum Gasteiger partial charge on any atom is -0.377 e. The van der Waals surface area contributed by atoms with Crippen molar-refractivity contribution in [2.45, 2.75) is 31.7 Å². The van der Waals surface area contributed by atoms with Gasteiger partial charge in [-0.05, 0) is 50.2 Å². The molecule has 0 bridgehead atoms. The molecule has 1 fully saturated rings. The zero-order valence-electron chi connectivity index (χ0n) is 15.2. The van der Waals surface area contributed by atoms with E-state index in [0.717, 1.165) is 45.1 Å². The van der Waals surface area contributed by atoms with Crippen LogP contribution in [-0.4, -0.2) is 57.3 Å². The first kappa shape index (κ1) is 18.4. The third kappa shape index (κ3) is 5.56. The number of nitrogens with one attached hydrogen (secondary N) is 2. The van der Waals surface area contributed by atoms with Crippen LogP contribution in [0.3, 0.4) is 0 Å². The van der Waals surface area contributed by atoms with Crippen molar-refractivity contribution in [1.29, 1.82) is 0 Å². The van der Waals surface area contributed by atoms with Gasteiger partial charge in [0.15, 0.2) is 5.96 Å². The van der Waals surface area contributed by atoms with E-state index in [1.807, 2.05) is 18.4 Å². The lowest BCUT2D eigenvalue weighted by Crippen LogP contribution is -2.42. The van der Waals surface area contributed by atoms with Crippen molar-refractivity contribution in [3.05, 3.63) is 34.0 Å². The Kier molecular flexibility index (Phi) is 7.33. The van der Waals surface area contributed by atoms with Gasteiger partial charge in [-0.2, -0.15) is 0 Å². The van der Waals surface area contributed by atoms with Gasteiger partial charge < -0.3 is 15.4 Å². The largest absolute Gasteiger partial charge is 0.377 e. The molecule has 1 aromatic heterocycles. The Morgan fingerprint density at radius 2 is 2.24 bits per heavy atom. The summed E-state index contributed by atoms with van der Waals surface area (Å²) in [7, 11) is 1.85. The Labute approximate surface area is 155 Å². The van der Waals surface area contributed by atoms with Crippen LogP contribution in [0.2, 0.25) is 0 Å². The topological polar surface area (TPSA) is 48.9 Å². The lowest BCUT2D eigenvalue weighted by molar-refractivity contribution is 0.153. The van der Waals surface area contributed by atoms with Gasteiger partial charge in [-0.25, -0.2) is 0 Å². The van der Waals surface area contributed by atoms with Crippen LogP contribution in [-0.2, 0) is 4.74 Å². The predicted molar refractivity (Wildman–Crippen MR) is 105 cm³/mol. The van der Waals surface area contributed by atoms with Crippen LogP contribution >= 0.6 is 11.3 Å². The molecule has 25 heavy (non-hydrogen) atoms. The highest BCUT2D eigenvalue weighted by Gasteiger charge is 2.24. The average molecular weight is 363 g/mol. The summed E-state index contributed by atoms with van der Waals surface area (Å²) in [5.41, 5.74) is 1.49. The fourth-order valence-electron chi connectivity index (χ4n) is 3.49. The van der Waals surface area contributed by atoms with Crippen molar-refractivity contribution >= 4 is 17.3 Å². The third-order valence-corrected chi connectivity index (χ3v) is 5.91. The lowest BCUT2D eigenvalue weighted by Gasteiger charge is -2.27. The first-order valence-electron chi connectivity index (χ1n) is 9.34. The van der Waals surface area contributed by atoms with Crippen LogP contribution in [0, 0.1) is 0 Å². The summed E-state index contributed by atoms with van der Waals surface area (Å²) < 4.78 is 5.36. The molecule has 1 aromatic rings. The SMILES string of the molecule is CN=C(NCCC1=CCOCC1)NCC(c1cccs1)N1CCCC1. The second-order valence-electron chi connectivity index (χ2n) is 6.59. The van der Waals surface area contributed by atoms with Gasteiger partial charge in [0.1, 0.15) is 0 Å². The summed E-state index contributed by atoms with van der Waals surface area (Å²) in [4.78, 5) is 8.42. The van der Waals surface area contributed by atoms with Gasteiger partial charge >= 0.3 is 0 Å². The van der Waals surface area contributed by atoms with Gasteiger partial charge in [0.25, 0.3) is 0 Å². The molecule has 2 aliphatic heterocycles. The van der Waals surface area contributed by atoms with E-state index in [-0.39, 0.29) is 0 Å². The molecule has 2 N–H and O–H groups in total. The van der Waals surface area contributed by atoms with Gasteiger partial charge in [0.05, 0.1) is 19.3 Å². The number of nitrogens with zero attached hydrogens (tertiary/aromatic N) is 2. The quantitative estimate of drug-likeness (QED) is 0.445. The Balaban J connectivity index is 1.47. The van der Waals surface area contributed by atoms with Crippen molar-refractivity contribution in [2.24, 2.45) is 4.99 Å². The molecular formula is C19H30N4OS. The normalized spacial score (nSPS) is 20.4. The molecule has 2 aliphatic rings. The molecular weight excluding hydrogens is 332 g/mol. The molecule has 3 heterocycles. The van der Waals surface area contributed by atoms with Crippen molar-refractivity contribution in [3.63, 3.8) is 0 Å². The maximum absolute atomic E-state index is 5.36. The Hall–Kier alpha value is -1.37. The summed E-state index contributed by atoms with van der Waals surface area (Å²) in [5.74, 6) is 0.897. The van der Waals surface area contributed by atoms with E-state index in [1.54, 1.807) is 0 Å². The fraction of sp³-hybridized carbons (Fsp3) is 0.632. The highest BCUT2D eigenvalue weighted by atomic mass is 32.1. The number of rotatable bonds is 7. The van der Waals surface area contributed by atoms with E-state index in [0.29, 0.717) is 6.04 Å². The van der Waals surface area contributed by atoms with E-state index < -0.39 is 0 Å². The number of thiophene rings is 1. The Morgan fingerprint density at radius 3 is 2.92 bits per heavy atom. The van der Waals surface area contributed by atoms with E-state index in [4.69, 9.17) is 4.74 Å². The van der Waals surface area contributed by atoms with E-state index in [1.165, 1.54) is 36.4 Å². The molecule has 0 aliphatic carbocycles. The second-order valence-corrected chi connectivity index (χ2v) is 7.57. The molecule has 5 nitrogen and oxygen atoms in total. The zero-order valence-corrected chi connectivity index (χ0v) is 16.0. The number of hydrogen-bond acceptors (Lipinski definition) is 4. The number of guanidine groups is 1. The molecule has 1 unspecified atom stereocenters. The van der Waals surface area contributed by atoms with Gasteiger partial charge in [0, 0.05) is 25.0 Å². The summed E-state index contributed by atoms with van der Waals surface area (Å²) >= 11 is 1.85. The monoisotopic (exact) mass is 362 g/mol. The lowest BCUT2D eigenvalue weighted by atomic mass is 10.1. The summed E-state index contributed by atoms with van der Waals surface area (Å²) in [6, 6.07) is 4.85. The zero-order chi connectivity index (χ0) is 17.3. The number of aliphatic imine (C=N–C) groups is 1. The minimum absolute atomic E-state index is 0.444. The standard InChI is InChI=1S/C19H30N4OS/c1-20-19(21-9-6-16-7-12-24-13-8-16)22-15-17(18-5-4-14-25-18)23-10-2-3-11-23/h4-5,7,14,17H,2-3,6,8-13,15H2,1H3,(H2,20,21,22). The van der Waals surface area contributed by atoms with Crippen molar-refractivity contribution in [3.8, 4) is 0 Å². The maximum atomic E-state index is 5.36. The number of hydrogen-bond donors (Lipinski definition) is 2. The maximum Gasteiger partial charge on any atom is 0.191 e. The van der Waals surface area contributed by atoms with Gasteiger partial charge in [0.2, 0.25) is 0 Å². The predicted octanol–water partition coefficient (Wildman–Crippen LogP) is 2.79. The third-order valence-electron chi connectivity index (χ3n) is 4.94. The highest BCUT2D eigenvalue weighted by molar-refractivity contribution is 7.10. The molecule has 138 valence electrons. The van der Waals surface area contributed by atoms with Gasteiger partial charge in [-0.15, -0.1) is 11.3 Å². The van der Waals surface area contributed by atoms with E-state index >= 15 is 0 Å². The van der Waals surface area contributed by atoms with Gasteiger partial charge in [-0.3, -0.25) is 9.89 Å². The molecule has 1 atom stereocenters. The fourth-order valence-corrected chi connectivity index (χ4v) is 4.35. The van der Waals surface area contributed by atoms with Crippen LogP contribution < -0.4 is 10.6 Å². The van der Waals surface area contributed by atoms with Gasteiger partial charge in [-0.1, -0.05) is 17.7 Å². The average Bonchev–Trinajstić information content (AvgIpc) is 3.36. The second kappa shape index (κ2) is 9.94. The molecule has 6 heteroatoms. The van der Waals surface area contributed by atoms with E-state index in [2.05, 4.69) is 44.1 Å². The molecule has 0 radical (unpaired) electrons. The van der Waals surface area contributed by atoms with E-state index in [9.17, 15) is 0 Å². The van der Waals surface area contributed by atoms with Crippen molar-refractivity contribution < 1.29 is 4.74 Å². The molecule has 0 saturated carbocycles. The number of ether oxygens (including phenoxy) is 1. The summed E-state index contributed by atoms with van der Waals surface area (Å²) in [6.07, 6.45) is 6.95. The smallest absolute Gasteiger partial charge is 0.191 e. The summed E-state index contributed by atoms with van der Waals surface area (Å²) in [5, 5.41) is 9.16. The first-order chi connectivity index (χ1) is 12.4. The molecule has 3 rings (SSSR count). The minimum atomic E-state index is 0.444. The van der Waals surface area contributed by atoms with Crippen LogP contribution in [0.15, 0.2) is 34.2 Å². The van der Waals surface area contributed by atoms with Crippen molar-refractivity contribution in [1.82, 2.24) is 15.5 Å². The Bertz CT molecular complexity index is 564. The van der Waals surface area contributed by atoms with Crippen LogP contribution in [0.4, 0.5) is 0 Å². The Morgan fingerprint density at radius 1 is 1.36 bits per heavy atom. The molecule has 0 spiro atoms. The molecule has 0 aromatic carbocycles. The molecule has 0 amide bonds.